The molecule has 1 heterocycles. The van der Waals surface area contributed by atoms with Crippen LogP contribution in [-0.4, -0.2) is 21.5 Å². The second-order valence-corrected chi connectivity index (χ2v) is 13.9. The Morgan fingerprint density at radius 3 is 2.35 bits per heavy atom. The van der Waals surface area contributed by atoms with Gasteiger partial charge in [0.15, 0.2) is 8.32 Å². The maximum absolute atomic E-state index is 6.56. The summed E-state index contributed by atoms with van der Waals surface area (Å²) in [6, 6.07) is 19.7. The van der Waals surface area contributed by atoms with Gasteiger partial charge < -0.3 is 9.33 Å². The fourth-order valence-electron chi connectivity index (χ4n) is 3.39. The van der Waals surface area contributed by atoms with Gasteiger partial charge in [-0.3, -0.25) is 0 Å². The van der Waals surface area contributed by atoms with Gasteiger partial charge in [0.05, 0.1) is 0 Å². The van der Waals surface area contributed by atoms with Crippen LogP contribution in [0.4, 0.5) is 5.69 Å². The van der Waals surface area contributed by atoms with Crippen LogP contribution in [0.1, 0.15) is 31.9 Å². The Labute approximate surface area is 160 Å². The van der Waals surface area contributed by atoms with E-state index in [1.54, 1.807) is 0 Å². The van der Waals surface area contributed by atoms with Crippen molar-refractivity contribution in [3.05, 3.63) is 65.7 Å². The van der Waals surface area contributed by atoms with Crippen LogP contribution in [-0.2, 0) is 17.4 Å². The molecule has 2 aromatic rings. The predicted molar refractivity (Wildman–Crippen MR) is 114 cm³/mol. The van der Waals surface area contributed by atoms with Crippen molar-refractivity contribution in [2.75, 3.05) is 18.1 Å². The molecule has 0 spiro atoms. The third-order valence-corrected chi connectivity index (χ3v) is 10.5. The smallest absolute Gasteiger partial charge is 0.191 e. The van der Waals surface area contributed by atoms with E-state index >= 15 is 0 Å². The third kappa shape index (κ3) is 4.39. The summed E-state index contributed by atoms with van der Waals surface area (Å²) in [5.74, 6) is 0.558. The number of nitrogens with zero attached hydrogens (tertiary/aromatic N) is 1. The first-order valence-corrected chi connectivity index (χ1v) is 12.7. The molecule has 3 rings (SSSR count). The lowest BCUT2D eigenvalue weighted by Gasteiger charge is -2.40. The van der Waals surface area contributed by atoms with Crippen molar-refractivity contribution in [2.24, 2.45) is 5.92 Å². The zero-order valence-electron chi connectivity index (χ0n) is 17.0. The minimum absolute atomic E-state index is 0.267. The summed E-state index contributed by atoms with van der Waals surface area (Å²) in [7, 11) is -1.70. The van der Waals surface area contributed by atoms with Crippen molar-refractivity contribution in [1.29, 1.82) is 0 Å². The van der Waals surface area contributed by atoms with E-state index in [-0.39, 0.29) is 5.04 Å². The number of fused-ring (bicyclic) bond motifs is 1. The minimum Gasteiger partial charge on any atom is -0.416 e. The average Bonchev–Trinajstić information content (AvgIpc) is 2.60. The molecule has 2 aromatic carbocycles. The van der Waals surface area contributed by atoms with E-state index in [9.17, 15) is 0 Å². The summed E-state index contributed by atoms with van der Waals surface area (Å²) in [5, 5.41) is 0.267. The molecule has 0 saturated carbocycles. The second kappa shape index (κ2) is 7.57. The lowest BCUT2D eigenvalue weighted by Crippen LogP contribution is -2.44. The summed E-state index contributed by atoms with van der Waals surface area (Å²) >= 11 is 0. The highest BCUT2D eigenvalue weighted by molar-refractivity contribution is 6.74. The maximum atomic E-state index is 6.56. The molecule has 0 aromatic heterocycles. The van der Waals surface area contributed by atoms with Gasteiger partial charge >= 0.3 is 0 Å². The van der Waals surface area contributed by atoms with Gasteiger partial charge in [-0.2, -0.15) is 0 Å². The van der Waals surface area contributed by atoms with Gasteiger partial charge in [-0.1, -0.05) is 69.3 Å². The van der Waals surface area contributed by atoms with Gasteiger partial charge in [0.25, 0.3) is 0 Å². The van der Waals surface area contributed by atoms with Crippen LogP contribution in [0.3, 0.4) is 0 Å². The van der Waals surface area contributed by atoms with Crippen LogP contribution < -0.4 is 4.90 Å². The first-order chi connectivity index (χ1) is 12.3. The zero-order chi connectivity index (χ0) is 18.8. The molecule has 0 saturated heterocycles. The molecule has 0 aliphatic carbocycles. The molecular weight excluding hydrogens is 334 g/mol. The Balaban J connectivity index is 1.74. The van der Waals surface area contributed by atoms with E-state index in [0.29, 0.717) is 5.92 Å². The lowest BCUT2D eigenvalue weighted by molar-refractivity contribution is 0.225. The molecule has 140 valence electrons. The number of benzene rings is 2. The van der Waals surface area contributed by atoms with E-state index in [0.717, 1.165) is 26.1 Å². The highest BCUT2D eigenvalue weighted by Crippen LogP contribution is 2.38. The molecule has 1 atom stereocenters. The van der Waals surface area contributed by atoms with Crippen LogP contribution in [0.2, 0.25) is 18.1 Å². The molecule has 3 heteroatoms. The van der Waals surface area contributed by atoms with Gasteiger partial charge in [-0.15, -0.1) is 0 Å². The maximum Gasteiger partial charge on any atom is 0.191 e. The lowest BCUT2D eigenvalue weighted by atomic mass is 9.92. The number of hydrogen-bond acceptors (Lipinski definition) is 2. The Kier molecular flexibility index (Phi) is 5.59. The van der Waals surface area contributed by atoms with E-state index in [1.165, 1.54) is 16.8 Å². The molecule has 0 fully saturated rings. The van der Waals surface area contributed by atoms with E-state index in [1.807, 2.05) is 0 Å². The molecular formula is C23H33NOSi. The molecule has 0 N–H and O–H groups in total. The van der Waals surface area contributed by atoms with Crippen molar-refractivity contribution < 1.29 is 4.43 Å². The average molecular weight is 368 g/mol. The van der Waals surface area contributed by atoms with E-state index in [2.05, 4.69) is 93.4 Å². The monoisotopic (exact) mass is 367 g/mol. The van der Waals surface area contributed by atoms with E-state index < -0.39 is 8.32 Å². The highest BCUT2D eigenvalue weighted by Gasteiger charge is 2.38. The van der Waals surface area contributed by atoms with Gasteiger partial charge in [0.1, 0.15) is 0 Å². The highest BCUT2D eigenvalue weighted by atomic mass is 28.4. The van der Waals surface area contributed by atoms with Gasteiger partial charge in [0, 0.05) is 31.3 Å². The summed E-state index contributed by atoms with van der Waals surface area (Å²) in [5.41, 5.74) is 4.21. The fraction of sp³-hybridized carbons (Fsp3) is 0.478. The zero-order valence-corrected chi connectivity index (χ0v) is 18.0. The summed E-state index contributed by atoms with van der Waals surface area (Å²) in [4.78, 5) is 2.54. The Hall–Kier alpha value is -1.58. The largest absolute Gasteiger partial charge is 0.416 e. The SMILES string of the molecule is CC(C)(C)[Si](C)(C)OC[C@@H]1Cc2ccccc2N(Cc2ccccc2)C1. The summed E-state index contributed by atoms with van der Waals surface area (Å²) in [6.07, 6.45) is 1.12. The van der Waals surface area contributed by atoms with Crippen LogP contribution in [0, 0.1) is 5.92 Å². The van der Waals surface area contributed by atoms with Gasteiger partial charge in [-0.25, -0.2) is 0 Å². The molecule has 0 unspecified atom stereocenters. The van der Waals surface area contributed by atoms with Gasteiger partial charge in [0.2, 0.25) is 0 Å². The van der Waals surface area contributed by atoms with Crippen LogP contribution in [0.25, 0.3) is 0 Å². The molecule has 2 nitrogen and oxygen atoms in total. The normalized spacial score (nSPS) is 17.9. The summed E-state index contributed by atoms with van der Waals surface area (Å²) < 4.78 is 6.56. The molecule has 26 heavy (non-hydrogen) atoms. The quantitative estimate of drug-likeness (QED) is 0.611. The first-order valence-electron chi connectivity index (χ1n) is 9.77. The number of rotatable bonds is 5. The van der Waals surface area contributed by atoms with Gasteiger partial charge in [-0.05, 0) is 41.7 Å². The number of hydrogen-bond donors (Lipinski definition) is 0. The van der Waals surface area contributed by atoms with Crippen molar-refractivity contribution in [2.45, 2.75) is 51.9 Å². The summed E-state index contributed by atoms with van der Waals surface area (Å²) in [6.45, 7) is 14.6. The Bertz CT molecular complexity index is 720. The predicted octanol–water partition coefficient (Wildman–Crippen LogP) is 5.89. The Morgan fingerprint density at radius 2 is 1.65 bits per heavy atom. The minimum atomic E-state index is -1.70. The van der Waals surface area contributed by atoms with Crippen molar-refractivity contribution in [3.8, 4) is 0 Å². The number of para-hydroxylation sites is 1. The van der Waals surface area contributed by atoms with Crippen molar-refractivity contribution in [1.82, 2.24) is 0 Å². The molecule has 1 aliphatic heterocycles. The first kappa shape index (κ1) is 19.2. The number of anilines is 1. The van der Waals surface area contributed by atoms with Crippen molar-refractivity contribution in [3.63, 3.8) is 0 Å². The van der Waals surface area contributed by atoms with E-state index in [4.69, 9.17) is 4.43 Å². The third-order valence-electron chi connectivity index (χ3n) is 6.02. The molecule has 0 radical (unpaired) electrons. The molecule has 1 aliphatic rings. The standard InChI is InChI=1S/C23H33NOSi/c1-23(2,3)26(4,5)25-18-20-15-21-13-9-10-14-22(21)24(17-20)16-19-11-7-6-8-12-19/h6-14,20H,15-18H2,1-5H3/t20-/m1/s1. The topological polar surface area (TPSA) is 12.5 Å². The molecule has 0 bridgehead atoms. The molecule has 0 amide bonds. The Morgan fingerprint density at radius 1 is 1.00 bits per heavy atom. The van der Waals surface area contributed by atoms with Crippen LogP contribution >= 0.6 is 0 Å². The van der Waals surface area contributed by atoms with Crippen LogP contribution in [0.5, 0.6) is 0 Å². The fourth-order valence-corrected chi connectivity index (χ4v) is 4.47. The second-order valence-electron chi connectivity index (χ2n) is 9.14. The van der Waals surface area contributed by atoms with Crippen molar-refractivity contribution >= 4 is 14.0 Å². The van der Waals surface area contributed by atoms with Crippen LogP contribution in [0.15, 0.2) is 54.6 Å².